The summed E-state index contributed by atoms with van der Waals surface area (Å²) in [6, 6.07) is 2.17. The number of hydrogen-bond acceptors (Lipinski definition) is 1. The van der Waals surface area contributed by atoms with Crippen LogP contribution in [0.15, 0.2) is 0 Å². The second-order valence-corrected chi connectivity index (χ2v) is 1.82. The van der Waals surface area contributed by atoms with Gasteiger partial charge in [-0.15, -0.1) is 0 Å². The van der Waals surface area contributed by atoms with Crippen LogP contribution in [-0.4, -0.2) is 0 Å². The highest BCUT2D eigenvalue weighted by atomic mass is 14.2. The molecule has 0 bridgehead atoms. The van der Waals surface area contributed by atoms with Gasteiger partial charge >= 0.3 is 0 Å². The molecule has 0 aliphatic rings. The molecule has 0 spiro atoms. The lowest BCUT2D eigenvalue weighted by molar-refractivity contribution is 0.646. The minimum Gasteiger partial charge on any atom is -0.198 e. The third kappa shape index (κ3) is 3.32. The van der Waals surface area contributed by atoms with Crippen LogP contribution in [0.2, 0.25) is 0 Å². The first-order valence-corrected chi connectivity index (χ1v) is 2.70. The fraction of sp³-hybridized carbons (Fsp3) is 0.833. The van der Waals surface area contributed by atoms with Gasteiger partial charge in [0.25, 0.3) is 0 Å². The number of rotatable bonds is 2. The molecule has 0 aromatic carbocycles. The quantitative estimate of drug-likeness (QED) is 0.516. The Labute approximate surface area is 45.0 Å². The van der Waals surface area contributed by atoms with Crippen LogP contribution in [0.5, 0.6) is 0 Å². The van der Waals surface area contributed by atoms with Gasteiger partial charge in [0, 0.05) is 5.92 Å². The first kappa shape index (κ1) is 6.49. The number of nitrogens with zero attached hydrogens (tertiary/aromatic N) is 1. The molecule has 1 atom stereocenters. The van der Waals surface area contributed by atoms with Crippen molar-refractivity contribution in [3.8, 4) is 6.07 Å². The summed E-state index contributed by atoms with van der Waals surface area (Å²) in [5, 5.41) is 8.22. The maximum absolute atomic E-state index is 8.22. The molecule has 0 unspecified atom stereocenters. The lowest BCUT2D eigenvalue weighted by Crippen LogP contribution is -1.85. The maximum Gasteiger partial charge on any atom is 0.0652 e. The Balaban J connectivity index is 3.04. The minimum atomic E-state index is 0.255. The van der Waals surface area contributed by atoms with E-state index in [-0.39, 0.29) is 5.92 Å². The molecule has 0 fully saturated rings. The van der Waals surface area contributed by atoms with Crippen molar-refractivity contribution in [3.63, 3.8) is 0 Å². The Kier molecular flexibility index (Phi) is 3.40. The zero-order valence-electron chi connectivity index (χ0n) is 4.94. The first-order valence-electron chi connectivity index (χ1n) is 2.70. The van der Waals surface area contributed by atoms with Crippen molar-refractivity contribution in [2.24, 2.45) is 5.92 Å². The largest absolute Gasteiger partial charge is 0.198 e. The molecule has 7 heavy (non-hydrogen) atoms. The number of nitriles is 1. The summed E-state index contributed by atoms with van der Waals surface area (Å²) >= 11 is 0. The Bertz CT molecular complexity index is 70.7. The van der Waals surface area contributed by atoms with E-state index in [0.717, 1.165) is 12.8 Å². The molecule has 0 aliphatic carbocycles. The topological polar surface area (TPSA) is 23.8 Å². The molecule has 0 heterocycles. The Morgan fingerprint density at radius 2 is 2.29 bits per heavy atom. The van der Waals surface area contributed by atoms with Crippen LogP contribution < -0.4 is 0 Å². The molecule has 0 amide bonds. The van der Waals surface area contributed by atoms with E-state index in [1.165, 1.54) is 0 Å². The molecule has 0 aromatic heterocycles. The van der Waals surface area contributed by atoms with Crippen molar-refractivity contribution < 1.29 is 0 Å². The highest BCUT2D eigenvalue weighted by Crippen LogP contribution is 2.00. The van der Waals surface area contributed by atoms with Crippen LogP contribution >= 0.6 is 0 Å². The average molecular weight is 97.2 g/mol. The fourth-order valence-electron chi connectivity index (χ4n) is 0.498. The smallest absolute Gasteiger partial charge is 0.0652 e. The van der Waals surface area contributed by atoms with E-state index in [0.29, 0.717) is 0 Å². The SMILES string of the molecule is CCC[C@H](C)C#N. The molecule has 0 aliphatic heterocycles. The summed E-state index contributed by atoms with van der Waals surface area (Å²) < 4.78 is 0. The molecule has 40 valence electrons. The fourth-order valence-corrected chi connectivity index (χ4v) is 0.498. The van der Waals surface area contributed by atoms with E-state index in [2.05, 4.69) is 13.0 Å². The van der Waals surface area contributed by atoms with Crippen LogP contribution in [-0.2, 0) is 0 Å². The van der Waals surface area contributed by atoms with E-state index >= 15 is 0 Å². The summed E-state index contributed by atoms with van der Waals surface area (Å²) in [6.45, 7) is 4.04. The van der Waals surface area contributed by atoms with Crippen molar-refractivity contribution in [1.82, 2.24) is 0 Å². The van der Waals surface area contributed by atoms with Crippen molar-refractivity contribution >= 4 is 0 Å². The van der Waals surface area contributed by atoms with Gasteiger partial charge in [-0.25, -0.2) is 0 Å². The average Bonchev–Trinajstić information content (AvgIpc) is 1.68. The zero-order chi connectivity index (χ0) is 5.70. The summed E-state index contributed by atoms with van der Waals surface area (Å²) in [5.41, 5.74) is 0. The van der Waals surface area contributed by atoms with Gasteiger partial charge in [-0.1, -0.05) is 13.3 Å². The minimum absolute atomic E-state index is 0.255. The summed E-state index contributed by atoms with van der Waals surface area (Å²) in [4.78, 5) is 0. The third-order valence-electron chi connectivity index (χ3n) is 0.942. The van der Waals surface area contributed by atoms with E-state index in [1.54, 1.807) is 0 Å². The van der Waals surface area contributed by atoms with Crippen LogP contribution in [0.1, 0.15) is 26.7 Å². The molecule has 0 radical (unpaired) electrons. The molecule has 0 aromatic rings. The van der Waals surface area contributed by atoms with Crippen LogP contribution in [0.3, 0.4) is 0 Å². The van der Waals surface area contributed by atoms with Gasteiger partial charge in [0.15, 0.2) is 0 Å². The summed E-state index contributed by atoms with van der Waals surface area (Å²) in [7, 11) is 0. The predicted molar refractivity (Wildman–Crippen MR) is 29.7 cm³/mol. The Hall–Kier alpha value is -0.510. The van der Waals surface area contributed by atoms with Gasteiger partial charge in [-0.2, -0.15) is 5.26 Å². The number of hydrogen-bond donors (Lipinski definition) is 0. The predicted octanol–water partition coefficient (Wildman–Crippen LogP) is 1.95. The Morgan fingerprint density at radius 1 is 1.71 bits per heavy atom. The maximum atomic E-state index is 8.22. The van der Waals surface area contributed by atoms with Gasteiger partial charge in [-0.05, 0) is 13.3 Å². The van der Waals surface area contributed by atoms with Crippen LogP contribution in [0.4, 0.5) is 0 Å². The van der Waals surface area contributed by atoms with Crippen LogP contribution in [0.25, 0.3) is 0 Å². The van der Waals surface area contributed by atoms with Crippen molar-refractivity contribution in [3.05, 3.63) is 0 Å². The first-order chi connectivity index (χ1) is 3.31. The molecule has 0 saturated carbocycles. The summed E-state index contributed by atoms with van der Waals surface area (Å²) in [5.74, 6) is 0.255. The Morgan fingerprint density at radius 3 is 2.43 bits per heavy atom. The van der Waals surface area contributed by atoms with Crippen molar-refractivity contribution in [2.75, 3.05) is 0 Å². The monoisotopic (exact) mass is 97.1 g/mol. The molecule has 1 nitrogen and oxygen atoms in total. The van der Waals surface area contributed by atoms with Gasteiger partial charge in [0.05, 0.1) is 6.07 Å². The summed E-state index contributed by atoms with van der Waals surface area (Å²) in [6.07, 6.45) is 2.16. The molecule has 1 heteroatoms. The second-order valence-electron chi connectivity index (χ2n) is 1.82. The third-order valence-corrected chi connectivity index (χ3v) is 0.942. The van der Waals surface area contributed by atoms with E-state index in [9.17, 15) is 0 Å². The molecular formula is C6H11N. The van der Waals surface area contributed by atoms with Gasteiger partial charge in [-0.3, -0.25) is 0 Å². The van der Waals surface area contributed by atoms with Gasteiger partial charge < -0.3 is 0 Å². The lowest BCUT2D eigenvalue weighted by atomic mass is 10.1. The molecular weight excluding hydrogens is 86.1 g/mol. The highest BCUT2D eigenvalue weighted by molar-refractivity contribution is 4.77. The van der Waals surface area contributed by atoms with Gasteiger partial charge in [0.2, 0.25) is 0 Å². The molecule has 0 rings (SSSR count). The molecule has 0 N–H and O–H groups in total. The van der Waals surface area contributed by atoms with E-state index < -0.39 is 0 Å². The van der Waals surface area contributed by atoms with E-state index in [1.807, 2.05) is 6.92 Å². The lowest BCUT2D eigenvalue weighted by Gasteiger charge is -1.92. The zero-order valence-corrected chi connectivity index (χ0v) is 4.94. The highest BCUT2D eigenvalue weighted by Gasteiger charge is 1.92. The normalized spacial score (nSPS) is 12.7. The standard InChI is InChI=1S/C6H11N/c1-3-4-6(2)5-7/h6H,3-4H2,1-2H3/t6-/m0/s1. The van der Waals surface area contributed by atoms with Crippen LogP contribution in [0, 0.1) is 17.2 Å². The van der Waals surface area contributed by atoms with E-state index in [4.69, 9.17) is 5.26 Å². The van der Waals surface area contributed by atoms with Crippen molar-refractivity contribution in [1.29, 1.82) is 5.26 Å². The molecule has 0 saturated heterocycles. The van der Waals surface area contributed by atoms with Crippen molar-refractivity contribution in [2.45, 2.75) is 26.7 Å². The van der Waals surface area contributed by atoms with Gasteiger partial charge in [0.1, 0.15) is 0 Å². The second kappa shape index (κ2) is 3.67.